The van der Waals surface area contributed by atoms with Crippen molar-refractivity contribution < 1.29 is 19.4 Å². The number of amidine groups is 1. The maximum Gasteiger partial charge on any atom is 0.339 e. The summed E-state index contributed by atoms with van der Waals surface area (Å²) in [5, 5.41) is 9.45. The minimum atomic E-state index is -0.356. The van der Waals surface area contributed by atoms with Crippen LogP contribution in [0.4, 0.5) is 21.9 Å². The molecule has 0 aromatic heterocycles. The molecule has 3 amide bonds. The van der Waals surface area contributed by atoms with E-state index in [1.807, 2.05) is 0 Å². The maximum atomic E-state index is 13.8. The number of urea groups is 1. The number of phenolic OH excluding ortho intramolecular Hbond substituents is 1. The first-order chi connectivity index (χ1) is 17.2. The van der Waals surface area contributed by atoms with Crippen molar-refractivity contribution in [2.75, 3.05) is 28.8 Å². The molecule has 0 atom stereocenters. The second kappa shape index (κ2) is 9.83. The number of hydrogen-bond donors (Lipinski definition) is 2. The van der Waals surface area contributed by atoms with Gasteiger partial charge in [0.15, 0.2) is 5.84 Å². The third kappa shape index (κ3) is 4.58. The van der Waals surface area contributed by atoms with Gasteiger partial charge in [-0.05, 0) is 73.7 Å². The van der Waals surface area contributed by atoms with Crippen molar-refractivity contribution in [1.82, 2.24) is 0 Å². The first-order valence-corrected chi connectivity index (χ1v) is 11.2. The predicted octanol–water partition coefficient (Wildman–Crippen LogP) is 4.83. The Balaban J connectivity index is 1.69. The summed E-state index contributed by atoms with van der Waals surface area (Å²) in [4.78, 5) is 34.5. The average Bonchev–Trinajstić information content (AvgIpc) is 3.17. The number of ether oxygens (including phenoxy) is 1. The molecule has 1 aliphatic heterocycles. The Labute approximate surface area is 209 Å². The van der Waals surface area contributed by atoms with Crippen LogP contribution in [0.5, 0.6) is 17.2 Å². The van der Waals surface area contributed by atoms with Gasteiger partial charge in [-0.1, -0.05) is 6.07 Å². The Bertz CT molecular complexity index is 1360. The molecule has 1 fully saturated rings. The minimum Gasteiger partial charge on any atom is -0.508 e. The van der Waals surface area contributed by atoms with E-state index in [9.17, 15) is 14.7 Å². The van der Waals surface area contributed by atoms with E-state index in [2.05, 4.69) is 4.99 Å². The summed E-state index contributed by atoms with van der Waals surface area (Å²) >= 11 is 0. The lowest BCUT2D eigenvalue weighted by atomic mass is 10.2. The molecule has 3 aromatic rings. The van der Waals surface area contributed by atoms with Crippen LogP contribution in [0.1, 0.15) is 13.8 Å². The largest absolute Gasteiger partial charge is 0.508 e. The van der Waals surface area contributed by atoms with Crippen molar-refractivity contribution in [3.05, 3.63) is 84.2 Å². The number of phenols is 1. The number of anilines is 3. The minimum absolute atomic E-state index is 0.126. The molecule has 0 radical (unpaired) electrons. The van der Waals surface area contributed by atoms with Crippen LogP contribution < -0.4 is 25.2 Å². The van der Waals surface area contributed by atoms with Gasteiger partial charge in [-0.25, -0.2) is 9.69 Å². The predicted molar refractivity (Wildman–Crippen MR) is 141 cm³/mol. The lowest BCUT2D eigenvalue weighted by Gasteiger charge is -2.20. The molecule has 36 heavy (non-hydrogen) atoms. The summed E-state index contributed by atoms with van der Waals surface area (Å²) in [5.74, 6) is 1.55. The Morgan fingerprint density at radius 1 is 0.944 bits per heavy atom. The number of hydrogen-bond acceptors (Lipinski definition) is 6. The van der Waals surface area contributed by atoms with Crippen molar-refractivity contribution in [1.29, 1.82) is 0 Å². The van der Waals surface area contributed by atoms with Gasteiger partial charge < -0.3 is 20.5 Å². The number of aromatic hydroxyl groups is 1. The van der Waals surface area contributed by atoms with Gasteiger partial charge in [0.2, 0.25) is 5.91 Å². The highest BCUT2D eigenvalue weighted by atomic mass is 16.5. The van der Waals surface area contributed by atoms with Crippen LogP contribution in [0.15, 0.2) is 89.2 Å². The van der Waals surface area contributed by atoms with Crippen molar-refractivity contribution >= 4 is 34.8 Å². The summed E-state index contributed by atoms with van der Waals surface area (Å²) < 4.78 is 5.82. The summed E-state index contributed by atoms with van der Waals surface area (Å²) in [6, 6.07) is 20.1. The lowest BCUT2D eigenvalue weighted by Crippen LogP contribution is -2.33. The quantitative estimate of drug-likeness (QED) is 0.538. The van der Waals surface area contributed by atoms with Gasteiger partial charge in [-0.3, -0.25) is 14.7 Å². The molecule has 9 heteroatoms. The van der Waals surface area contributed by atoms with Crippen LogP contribution in [0.3, 0.4) is 0 Å². The standard InChI is InChI=1S/C27H27N5O4/c1-17(28)25-26(29-3)32(21-7-5-6-20(16-21)30(4)18(2)33)27(35)31(25)19-8-12-23(13-9-19)36-24-14-10-22(34)11-15-24/h5-16,34H,28H2,1-4H3/b25-17-,29-26+. The molecule has 0 spiro atoms. The van der Waals surface area contributed by atoms with Crippen LogP contribution in [0.2, 0.25) is 0 Å². The normalized spacial score (nSPS) is 15.9. The highest BCUT2D eigenvalue weighted by Gasteiger charge is 2.42. The molecule has 1 saturated heterocycles. The van der Waals surface area contributed by atoms with E-state index >= 15 is 0 Å². The van der Waals surface area contributed by atoms with E-state index < -0.39 is 0 Å². The maximum absolute atomic E-state index is 13.8. The van der Waals surface area contributed by atoms with Crippen LogP contribution in [0.25, 0.3) is 0 Å². The first kappa shape index (κ1) is 24.3. The molecule has 0 bridgehead atoms. The first-order valence-electron chi connectivity index (χ1n) is 11.2. The third-order valence-electron chi connectivity index (χ3n) is 5.73. The molecule has 4 rings (SSSR count). The molecule has 9 nitrogen and oxygen atoms in total. The monoisotopic (exact) mass is 485 g/mol. The van der Waals surface area contributed by atoms with Gasteiger partial charge in [0.25, 0.3) is 0 Å². The van der Waals surface area contributed by atoms with E-state index in [4.69, 9.17) is 10.5 Å². The zero-order valence-corrected chi connectivity index (χ0v) is 20.5. The molecular formula is C27H27N5O4. The van der Waals surface area contributed by atoms with E-state index in [1.54, 1.807) is 81.7 Å². The summed E-state index contributed by atoms with van der Waals surface area (Å²) in [7, 11) is 3.27. The Morgan fingerprint density at radius 3 is 2.11 bits per heavy atom. The SMILES string of the molecule is C/N=C1\C(=C(/C)N)N(c2ccc(Oc3ccc(O)cc3)cc2)C(=O)N1c1cccc(N(C)C(C)=O)c1. The topological polar surface area (TPSA) is 112 Å². The highest BCUT2D eigenvalue weighted by Crippen LogP contribution is 2.36. The van der Waals surface area contributed by atoms with Gasteiger partial charge in [-0.15, -0.1) is 0 Å². The Morgan fingerprint density at radius 2 is 1.56 bits per heavy atom. The average molecular weight is 486 g/mol. The number of amides is 3. The Kier molecular flexibility index (Phi) is 6.64. The van der Waals surface area contributed by atoms with E-state index in [1.165, 1.54) is 33.8 Å². The number of allylic oxidation sites excluding steroid dienone is 1. The fourth-order valence-electron chi connectivity index (χ4n) is 3.86. The smallest absolute Gasteiger partial charge is 0.339 e. The number of benzene rings is 3. The molecular weight excluding hydrogens is 458 g/mol. The lowest BCUT2D eigenvalue weighted by molar-refractivity contribution is -0.116. The molecule has 1 aliphatic rings. The summed E-state index contributed by atoms with van der Waals surface area (Å²) in [5.41, 5.74) is 8.92. The van der Waals surface area contributed by atoms with Crippen molar-refractivity contribution in [2.24, 2.45) is 10.7 Å². The molecule has 0 unspecified atom stereocenters. The van der Waals surface area contributed by atoms with E-state index in [-0.39, 0.29) is 17.7 Å². The third-order valence-corrected chi connectivity index (χ3v) is 5.73. The van der Waals surface area contributed by atoms with Gasteiger partial charge in [-0.2, -0.15) is 0 Å². The van der Waals surface area contributed by atoms with Crippen molar-refractivity contribution in [2.45, 2.75) is 13.8 Å². The number of nitrogens with two attached hydrogens (primary N) is 1. The highest BCUT2D eigenvalue weighted by molar-refractivity contribution is 6.36. The molecule has 184 valence electrons. The van der Waals surface area contributed by atoms with Crippen molar-refractivity contribution in [3.8, 4) is 17.2 Å². The van der Waals surface area contributed by atoms with E-state index in [0.29, 0.717) is 45.8 Å². The van der Waals surface area contributed by atoms with E-state index in [0.717, 1.165) is 0 Å². The second-order valence-electron chi connectivity index (χ2n) is 8.22. The molecule has 0 aliphatic carbocycles. The zero-order valence-electron chi connectivity index (χ0n) is 20.5. The van der Waals surface area contributed by atoms with Gasteiger partial charge >= 0.3 is 6.03 Å². The van der Waals surface area contributed by atoms with Crippen LogP contribution in [0, 0.1) is 0 Å². The summed E-state index contributed by atoms with van der Waals surface area (Å²) in [6.45, 7) is 3.19. The number of carbonyl (C=O) groups is 2. The number of rotatable bonds is 5. The molecule has 3 N–H and O–H groups in total. The number of carbonyl (C=O) groups excluding carboxylic acids is 2. The van der Waals surface area contributed by atoms with Gasteiger partial charge in [0.05, 0.1) is 11.4 Å². The number of aliphatic imine (C=N–C) groups is 1. The summed E-state index contributed by atoms with van der Waals surface area (Å²) in [6.07, 6.45) is 0. The fraction of sp³-hybridized carbons (Fsp3) is 0.148. The molecule has 1 heterocycles. The van der Waals surface area contributed by atoms with Gasteiger partial charge in [0.1, 0.15) is 22.9 Å². The zero-order chi connectivity index (χ0) is 26.0. The van der Waals surface area contributed by atoms with Crippen LogP contribution in [-0.2, 0) is 4.79 Å². The molecule has 0 saturated carbocycles. The number of nitrogens with zero attached hydrogens (tertiary/aromatic N) is 4. The van der Waals surface area contributed by atoms with Crippen LogP contribution >= 0.6 is 0 Å². The van der Waals surface area contributed by atoms with Crippen LogP contribution in [-0.4, -0.2) is 37.0 Å². The molecule has 3 aromatic carbocycles. The van der Waals surface area contributed by atoms with Gasteiger partial charge in [0, 0.05) is 32.4 Å². The fourth-order valence-corrected chi connectivity index (χ4v) is 3.86. The second-order valence-corrected chi connectivity index (χ2v) is 8.22. The van der Waals surface area contributed by atoms with Crippen molar-refractivity contribution in [3.63, 3.8) is 0 Å². The Hall–Kier alpha value is -4.79.